The average Bonchev–Trinajstić information content (AvgIpc) is 3.09. The van der Waals surface area contributed by atoms with E-state index in [1.165, 1.54) is 4.88 Å². The molecule has 2 aromatic rings. The van der Waals surface area contributed by atoms with Gasteiger partial charge in [-0.25, -0.2) is 8.78 Å². The number of amides is 1. The van der Waals surface area contributed by atoms with Gasteiger partial charge in [0.25, 0.3) is 17.4 Å². The van der Waals surface area contributed by atoms with Crippen LogP contribution in [0, 0.1) is 26.7 Å². The zero-order valence-electron chi connectivity index (χ0n) is 20.2. The molecule has 0 spiro atoms. The third-order valence-electron chi connectivity index (χ3n) is 6.72. The van der Waals surface area contributed by atoms with Crippen LogP contribution in [0.15, 0.2) is 16.2 Å². The van der Waals surface area contributed by atoms with Gasteiger partial charge >= 0.3 is 0 Å². The van der Waals surface area contributed by atoms with E-state index in [4.69, 9.17) is 0 Å². The maximum absolute atomic E-state index is 13.4. The van der Waals surface area contributed by atoms with E-state index < -0.39 is 5.92 Å². The van der Waals surface area contributed by atoms with Gasteiger partial charge in [-0.1, -0.05) is 6.92 Å². The fourth-order valence-corrected chi connectivity index (χ4v) is 6.37. The molecule has 1 aliphatic rings. The number of pyridine rings is 1. The number of likely N-dealkylation sites (tertiary alicyclic amines) is 1. The van der Waals surface area contributed by atoms with Gasteiger partial charge < -0.3 is 10.3 Å². The summed E-state index contributed by atoms with van der Waals surface area (Å²) in [6, 6.07) is 1.90. The SMILES string of the molecule is CC[C@H](c1scc(C(=O)NCc2c(C)cc(C)[nH]c2=O)c1C)C1CCN(CC(C)(F)F)CC1. The van der Waals surface area contributed by atoms with Crippen LogP contribution >= 0.6 is 11.3 Å². The second-order valence-electron chi connectivity index (χ2n) is 9.46. The minimum Gasteiger partial charge on any atom is -0.348 e. The number of thiophene rings is 1. The fourth-order valence-electron chi connectivity index (χ4n) is 5.03. The summed E-state index contributed by atoms with van der Waals surface area (Å²) in [4.78, 5) is 31.0. The smallest absolute Gasteiger partial charge is 0.257 e. The summed E-state index contributed by atoms with van der Waals surface area (Å²) in [7, 11) is 0. The van der Waals surface area contributed by atoms with Gasteiger partial charge in [0.2, 0.25) is 0 Å². The van der Waals surface area contributed by atoms with Crippen LogP contribution in [0.25, 0.3) is 0 Å². The Balaban J connectivity index is 1.67. The van der Waals surface area contributed by atoms with Gasteiger partial charge in [-0.05, 0) is 82.2 Å². The number of carbonyl (C=O) groups excluding carboxylic acids is 1. The third-order valence-corrected chi connectivity index (χ3v) is 7.94. The number of hydrogen-bond donors (Lipinski definition) is 2. The van der Waals surface area contributed by atoms with Crippen molar-refractivity contribution in [2.24, 2.45) is 5.92 Å². The molecule has 0 radical (unpaired) electrons. The normalized spacial score (nSPS) is 16.7. The van der Waals surface area contributed by atoms with E-state index >= 15 is 0 Å². The molecule has 1 atom stereocenters. The van der Waals surface area contributed by atoms with Crippen LogP contribution in [-0.2, 0) is 6.54 Å². The first-order valence-corrected chi connectivity index (χ1v) is 12.5. The molecule has 0 saturated carbocycles. The first-order valence-electron chi connectivity index (χ1n) is 11.7. The molecule has 182 valence electrons. The summed E-state index contributed by atoms with van der Waals surface area (Å²) < 4.78 is 26.7. The number of aromatic amines is 1. The number of hydrogen-bond acceptors (Lipinski definition) is 4. The predicted octanol–water partition coefficient (Wildman–Crippen LogP) is 5.15. The number of piperidine rings is 1. The van der Waals surface area contributed by atoms with Crippen LogP contribution < -0.4 is 10.9 Å². The van der Waals surface area contributed by atoms with E-state index in [2.05, 4.69) is 17.2 Å². The van der Waals surface area contributed by atoms with Crippen molar-refractivity contribution in [3.8, 4) is 0 Å². The van der Waals surface area contributed by atoms with Gasteiger partial charge in [-0.3, -0.25) is 14.5 Å². The highest BCUT2D eigenvalue weighted by Gasteiger charge is 2.32. The largest absolute Gasteiger partial charge is 0.348 e. The molecule has 3 heterocycles. The molecule has 2 aromatic heterocycles. The highest BCUT2D eigenvalue weighted by atomic mass is 32.1. The average molecular weight is 480 g/mol. The lowest BCUT2D eigenvalue weighted by atomic mass is 9.80. The van der Waals surface area contributed by atoms with Crippen LogP contribution in [0.3, 0.4) is 0 Å². The first-order chi connectivity index (χ1) is 15.5. The number of aromatic nitrogens is 1. The lowest BCUT2D eigenvalue weighted by molar-refractivity contribution is -0.0232. The van der Waals surface area contributed by atoms with Gasteiger partial charge in [0.05, 0.1) is 12.1 Å². The Hall–Kier alpha value is -2.06. The van der Waals surface area contributed by atoms with Crippen LogP contribution in [-0.4, -0.2) is 41.3 Å². The molecular formula is C25H35F2N3O2S. The number of nitrogens with zero attached hydrogens (tertiary/aromatic N) is 1. The second-order valence-corrected chi connectivity index (χ2v) is 10.4. The van der Waals surface area contributed by atoms with Crippen molar-refractivity contribution < 1.29 is 13.6 Å². The lowest BCUT2D eigenvalue weighted by Gasteiger charge is -2.36. The van der Waals surface area contributed by atoms with E-state index in [1.807, 2.05) is 37.1 Å². The van der Waals surface area contributed by atoms with Gasteiger partial charge in [-0.2, -0.15) is 0 Å². The molecule has 1 saturated heterocycles. The quantitative estimate of drug-likeness (QED) is 0.550. The highest BCUT2D eigenvalue weighted by Crippen LogP contribution is 2.40. The standard InChI is InChI=1S/C25H35F2N3O2S/c1-6-19(18-7-9-30(10-8-18)14-25(5,26)27)22-17(4)21(13-33-22)23(31)28-12-20-15(2)11-16(3)29-24(20)32/h11,13,18-19H,6-10,12,14H2,1-5H3,(H,28,31)(H,29,32)/t19-/m0/s1. The molecule has 1 aliphatic heterocycles. The van der Waals surface area contributed by atoms with Crippen molar-refractivity contribution in [1.29, 1.82) is 0 Å². The number of halogens is 2. The third kappa shape index (κ3) is 6.29. The lowest BCUT2D eigenvalue weighted by Crippen LogP contribution is -2.41. The Morgan fingerprint density at radius 3 is 2.55 bits per heavy atom. The van der Waals surface area contributed by atoms with E-state index in [9.17, 15) is 18.4 Å². The van der Waals surface area contributed by atoms with Crippen LogP contribution in [0.5, 0.6) is 0 Å². The number of alkyl halides is 2. The fraction of sp³-hybridized carbons (Fsp3) is 0.600. The highest BCUT2D eigenvalue weighted by molar-refractivity contribution is 7.10. The molecule has 1 amide bonds. The minimum atomic E-state index is -2.66. The summed E-state index contributed by atoms with van der Waals surface area (Å²) in [6.07, 6.45) is 2.74. The molecule has 0 aromatic carbocycles. The van der Waals surface area contributed by atoms with Crippen LogP contribution in [0.2, 0.25) is 0 Å². The van der Waals surface area contributed by atoms with E-state index in [0.717, 1.165) is 43.0 Å². The minimum absolute atomic E-state index is 0.172. The summed E-state index contributed by atoms with van der Waals surface area (Å²) in [5, 5.41) is 4.81. The molecule has 8 heteroatoms. The second kappa shape index (κ2) is 10.5. The number of carbonyl (C=O) groups is 1. The number of nitrogens with one attached hydrogen (secondary N) is 2. The zero-order chi connectivity index (χ0) is 24.3. The molecule has 2 N–H and O–H groups in total. The van der Waals surface area contributed by atoms with Gasteiger partial charge in [0.15, 0.2) is 0 Å². The van der Waals surface area contributed by atoms with Crippen molar-refractivity contribution in [3.05, 3.63) is 54.6 Å². The molecule has 3 rings (SSSR count). The topological polar surface area (TPSA) is 65.2 Å². The van der Waals surface area contributed by atoms with Crippen LogP contribution in [0.1, 0.15) is 76.6 Å². The van der Waals surface area contributed by atoms with Gasteiger partial charge in [-0.15, -0.1) is 11.3 Å². The zero-order valence-corrected chi connectivity index (χ0v) is 21.0. The number of H-pyrrole nitrogens is 1. The summed E-state index contributed by atoms with van der Waals surface area (Å²) >= 11 is 1.61. The van der Waals surface area contributed by atoms with E-state index in [1.54, 1.807) is 11.3 Å². The maximum Gasteiger partial charge on any atom is 0.257 e. The van der Waals surface area contributed by atoms with Crippen molar-refractivity contribution in [1.82, 2.24) is 15.2 Å². The van der Waals surface area contributed by atoms with E-state index in [0.29, 0.717) is 36.1 Å². The molecule has 1 fully saturated rings. The first kappa shape index (κ1) is 25.6. The van der Waals surface area contributed by atoms with Crippen LogP contribution in [0.4, 0.5) is 8.78 Å². The van der Waals surface area contributed by atoms with Gasteiger partial charge in [0, 0.05) is 35.0 Å². The summed E-state index contributed by atoms with van der Waals surface area (Å²) in [6.45, 7) is 10.2. The Kier molecular flexibility index (Phi) is 8.11. The van der Waals surface area contributed by atoms with Crippen molar-refractivity contribution >= 4 is 17.2 Å². The number of aryl methyl sites for hydroxylation is 2. The molecule has 0 unspecified atom stereocenters. The Labute approximate surface area is 198 Å². The van der Waals surface area contributed by atoms with Gasteiger partial charge in [0.1, 0.15) is 0 Å². The molecular weight excluding hydrogens is 444 g/mol. The molecule has 5 nitrogen and oxygen atoms in total. The molecule has 0 bridgehead atoms. The maximum atomic E-state index is 13.4. The molecule has 33 heavy (non-hydrogen) atoms. The molecule has 0 aliphatic carbocycles. The number of rotatable bonds is 8. The van der Waals surface area contributed by atoms with Crippen molar-refractivity contribution in [2.45, 2.75) is 72.3 Å². The van der Waals surface area contributed by atoms with Crippen molar-refractivity contribution in [3.63, 3.8) is 0 Å². The predicted molar refractivity (Wildman–Crippen MR) is 130 cm³/mol. The summed E-state index contributed by atoms with van der Waals surface area (Å²) in [5.74, 6) is -2.09. The van der Waals surface area contributed by atoms with E-state index in [-0.39, 0.29) is 24.6 Å². The monoisotopic (exact) mass is 479 g/mol. The van der Waals surface area contributed by atoms with Crippen molar-refractivity contribution in [2.75, 3.05) is 19.6 Å². The Morgan fingerprint density at radius 1 is 1.30 bits per heavy atom. The Bertz CT molecular complexity index is 1030. The Morgan fingerprint density at radius 2 is 1.97 bits per heavy atom. The summed E-state index contributed by atoms with van der Waals surface area (Å²) in [5.41, 5.74) is 3.69.